The van der Waals surface area contributed by atoms with Crippen LogP contribution in [0.5, 0.6) is 11.5 Å². The summed E-state index contributed by atoms with van der Waals surface area (Å²) >= 11 is 0. The smallest absolute Gasteiger partial charge is 0.161 e. The largest absolute Gasteiger partial charge is 0.493 e. The van der Waals surface area contributed by atoms with Crippen molar-refractivity contribution in [3.63, 3.8) is 0 Å². The summed E-state index contributed by atoms with van der Waals surface area (Å²) in [5, 5.41) is 0. The molecule has 2 N–H and O–H groups in total. The normalized spacial score (nSPS) is 10.2. The van der Waals surface area contributed by atoms with Gasteiger partial charge in [0.1, 0.15) is 6.61 Å². The molecule has 0 radical (unpaired) electrons. The Balaban J connectivity index is 1.90. The van der Waals surface area contributed by atoms with Crippen LogP contribution in [0.3, 0.4) is 0 Å². The molecular weight excluding hydrogens is 264 g/mol. The number of hydrogen-bond donors (Lipinski definition) is 1. The highest BCUT2D eigenvalue weighted by atomic mass is 16.5. The van der Waals surface area contributed by atoms with E-state index in [4.69, 9.17) is 15.2 Å². The highest BCUT2D eigenvalue weighted by Crippen LogP contribution is 2.25. The number of benzene rings is 2. The second-order valence-electron chi connectivity index (χ2n) is 4.79. The number of ether oxygens (including phenoxy) is 2. The first-order valence-electron chi connectivity index (χ1n) is 7.00. The van der Waals surface area contributed by atoms with Crippen molar-refractivity contribution in [1.29, 1.82) is 0 Å². The molecule has 0 bridgehead atoms. The Hall–Kier alpha value is -2.20. The average molecular weight is 286 g/mol. The maximum absolute atomic E-state index is 5.79. The number of nitrogens with two attached hydrogens (primary N) is 1. The first-order chi connectivity index (χ1) is 10.2. The van der Waals surface area contributed by atoms with Crippen molar-refractivity contribution >= 4 is 5.69 Å². The Bertz CT molecular complexity index is 572. The van der Waals surface area contributed by atoms with Gasteiger partial charge in [0.25, 0.3) is 0 Å². The Kier molecular flexibility index (Phi) is 5.46. The molecule has 0 aromatic heterocycles. The van der Waals surface area contributed by atoms with E-state index in [1.807, 2.05) is 43.4 Å². The van der Waals surface area contributed by atoms with Gasteiger partial charge in [0.05, 0.1) is 13.7 Å². The molecule has 0 unspecified atom stereocenters. The third kappa shape index (κ3) is 4.13. The van der Waals surface area contributed by atoms with Crippen molar-refractivity contribution in [3.8, 4) is 11.5 Å². The molecule has 21 heavy (non-hydrogen) atoms. The summed E-state index contributed by atoms with van der Waals surface area (Å²) < 4.78 is 11.1. The molecule has 0 saturated carbocycles. The van der Waals surface area contributed by atoms with Gasteiger partial charge in [-0.25, -0.2) is 0 Å². The van der Waals surface area contributed by atoms with Crippen molar-refractivity contribution in [1.82, 2.24) is 0 Å². The highest BCUT2D eigenvalue weighted by Gasteiger charge is 2.05. The van der Waals surface area contributed by atoms with Gasteiger partial charge in [-0.05, 0) is 29.8 Å². The molecule has 0 heterocycles. The Morgan fingerprint density at radius 2 is 1.81 bits per heavy atom. The lowest BCUT2D eigenvalue weighted by Crippen LogP contribution is -2.24. The summed E-state index contributed by atoms with van der Waals surface area (Å²) in [6, 6.07) is 15.9. The van der Waals surface area contributed by atoms with E-state index >= 15 is 0 Å². The fraction of sp³-hybridized carbons (Fsp3) is 0.294. The summed E-state index contributed by atoms with van der Waals surface area (Å²) in [4.78, 5) is 2.15. The second kappa shape index (κ2) is 7.55. The van der Waals surface area contributed by atoms with Crippen LogP contribution in [0.25, 0.3) is 0 Å². The van der Waals surface area contributed by atoms with E-state index in [0.29, 0.717) is 13.2 Å². The van der Waals surface area contributed by atoms with Crippen LogP contribution in [0.1, 0.15) is 5.56 Å². The van der Waals surface area contributed by atoms with Crippen molar-refractivity contribution < 1.29 is 9.47 Å². The van der Waals surface area contributed by atoms with Crippen LogP contribution in [0.4, 0.5) is 5.69 Å². The molecule has 2 aromatic carbocycles. The number of para-hydroxylation sites is 2. The molecular formula is C17H22N2O2. The number of nitrogens with zero attached hydrogens (tertiary/aromatic N) is 1. The third-order valence-corrected chi connectivity index (χ3v) is 3.34. The van der Waals surface area contributed by atoms with Gasteiger partial charge in [-0.3, -0.25) is 0 Å². The number of methoxy groups -OCH3 is 1. The van der Waals surface area contributed by atoms with Gasteiger partial charge in [0.2, 0.25) is 0 Å². The van der Waals surface area contributed by atoms with Crippen molar-refractivity contribution in [2.75, 3.05) is 32.2 Å². The minimum Gasteiger partial charge on any atom is -0.493 e. The maximum atomic E-state index is 5.79. The van der Waals surface area contributed by atoms with E-state index in [-0.39, 0.29) is 0 Å². The number of rotatable bonds is 7. The SMILES string of the molecule is COc1ccccc1OCCN(C)c1cccc(CN)c1. The summed E-state index contributed by atoms with van der Waals surface area (Å²) in [7, 11) is 3.69. The van der Waals surface area contributed by atoms with E-state index in [1.165, 1.54) is 0 Å². The Labute approximate surface area is 126 Å². The van der Waals surface area contributed by atoms with Crippen LogP contribution >= 0.6 is 0 Å². The zero-order chi connectivity index (χ0) is 15.1. The molecule has 112 valence electrons. The van der Waals surface area contributed by atoms with Gasteiger partial charge in [0.15, 0.2) is 11.5 Å². The predicted octanol–water partition coefficient (Wildman–Crippen LogP) is 2.67. The van der Waals surface area contributed by atoms with Gasteiger partial charge >= 0.3 is 0 Å². The molecule has 4 heteroatoms. The van der Waals surface area contributed by atoms with Crippen LogP contribution in [-0.4, -0.2) is 27.3 Å². The zero-order valence-corrected chi connectivity index (χ0v) is 12.6. The lowest BCUT2D eigenvalue weighted by molar-refractivity contribution is 0.301. The van der Waals surface area contributed by atoms with Gasteiger partial charge in [-0.15, -0.1) is 0 Å². The lowest BCUT2D eigenvalue weighted by atomic mass is 10.2. The quantitative estimate of drug-likeness (QED) is 0.850. The molecule has 4 nitrogen and oxygen atoms in total. The summed E-state index contributed by atoms with van der Waals surface area (Å²) in [5.41, 5.74) is 7.94. The first-order valence-corrected chi connectivity index (χ1v) is 7.00. The van der Waals surface area contributed by atoms with Gasteiger partial charge in [-0.2, -0.15) is 0 Å². The number of hydrogen-bond acceptors (Lipinski definition) is 4. The first kappa shape index (κ1) is 15.2. The number of anilines is 1. The topological polar surface area (TPSA) is 47.7 Å². The molecule has 0 aliphatic carbocycles. The fourth-order valence-corrected chi connectivity index (χ4v) is 2.08. The van der Waals surface area contributed by atoms with Crippen LogP contribution in [0, 0.1) is 0 Å². The summed E-state index contributed by atoms with van der Waals surface area (Å²) in [6.45, 7) is 1.93. The molecule has 0 saturated heterocycles. The monoisotopic (exact) mass is 286 g/mol. The van der Waals surface area contributed by atoms with E-state index < -0.39 is 0 Å². The van der Waals surface area contributed by atoms with E-state index in [9.17, 15) is 0 Å². The number of likely N-dealkylation sites (N-methyl/N-ethyl adjacent to an activating group) is 1. The van der Waals surface area contributed by atoms with Gasteiger partial charge in [0, 0.05) is 19.3 Å². The van der Waals surface area contributed by atoms with Crippen LogP contribution in [-0.2, 0) is 6.54 Å². The second-order valence-corrected chi connectivity index (χ2v) is 4.79. The molecule has 0 spiro atoms. The minimum atomic E-state index is 0.555. The predicted molar refractivity (Wildman–Crippen MR) is 86.1 cm³/mol. The maximum Gasteiger partial charge on any atom is 0.161 e. The Morgan fingerprint density at radius 3 is 2.52 bits per heavy atom. The van der Waals surface area contributed by atoms with Crippen LogP contribution in [0.15, 0.2) is 48.5 Å². The standard InChI is InChI=1S/C17H22N2O2/c1-19(15-7-5-6-14(12-15)13-18)10-11-21-17-9-4-3-8-16(17)20-2/h3-9,12H,10-11,13,18H2,1-2H3. The third-order valence-electron chi connectivity index (χ3n) is 3.34. The van der Waals surface area contributed by atoms with E-state index in [0.717, 1.165) is 29.3 Å². The summed E-state index contributed by atoms with van der Waals surface area (Å²) in [5.74, 6) is 1.52. The van der Waals surface area contributed by atoms with Crippen LogP contribution < -0.4 is 20.1 Å². The highest BCUT2D eigenvalue weighted by molar-refractivity contribution is 5.48. The Morgan fingerprint density at radius 1 is 1.05 bits per heavy atom. The lowest BCUT2D eigenvalue weighted by Gasteiger charge is -2.20. The fourth-order valence-electron chi connectivity index (χ4n) is 2.08. The molecule has 0 aliphatic heterocycles. The van der Waals surface area contributed by atoms with Crippen molar-refractivity contribution in [2.45, 2.75) is 6.54 Å². The zero-order valence-electron chi connectivity index (χ0n) is 12.6. The average Bonchev–Trinajstić information content (AvgIpc) is 2.55. The molecule has 0 aliphatic rings. The van der Waals surface area contributed by atoms with E-state index in [2.05, 4.69) is 17.0 Å². The molecule has 2 aromatic rings. The van der Waals surface area contributed by atoms with Crippen molar-refractivity contribution in [2.24, 2.45) is 5.73 Å². The van der Waals surface area contributed by atoms with Crippen molar-refractivity contribution in [3.05, 3.63) is 54.1 Å². The van der Waals surface area contributed by atoms with Gasteiger partial charge < -0.3 is 20.1 Å². The van der Waals surface area contributed by atoms with Gasteiger partial charge in [-0.1, -0.05) is 24.3 Å². The minimum absolute atomic E-state index is 0.555. The van der Waals surface area contributed by atoms with Crippen LogP contribution in [0.2, 0.25) is 0 Å². The molecule has 2 rings (SSSR count). The molecule has 0 fully saturated rings. The molecule has 0 amide bonds. The van der Waals surface area contributed by atoms with E-state index in [1.54, 1.807) is 7.11 Å². The molecule has 0 atom stereocenters. The summed E-state index contributed by atoms with van der Waals surface area (Å²) in [6.07, 6.45) is 0.